The summed E-state index contributed by atoms with van der Waals surface area (Å²) in [5, 5.41) is 11.7. The van der Waals surface area contributed by atoms with Crippen molar-refractivity contribution in [2.24, 2.45) is 0 Å². The number of hydrogen-bond acceptors (Lipinski definition) is 4. The SMILES string of the molecule is CC(CCN(C)C)NC(=O)c1ncccc1C#CCCO. The first-order chi connectivity index (χ1) is 10.0. The van der Waals surface area contributed by atoms with Crippen LogP contribution in [0.3, 0.4) is 0 Å². The molecule has 0 radical (unpaired) electrons. The van der Waals surface area contributed by atoms with E-state index in [2.05, 4.69) is 27.0 Å². The molecule has 5 heteroatoms. The number of aliphatic hydroxyl groups excluding tert-OH is 1. The molecule has 1 unspecified atom stereocenters. The summed E-state index contributed by atoms with van der Waals surface area (Å²) in [6.45, 7) is 2.89. The molecule has 0 aliphatic rings. The number of carbonyl (C=O) groups is 1. The summed E-state index contributed by atoms with van der Waals surface area (Å²) in [4.78, 5) is 18.4. The number of carbonyl (C=O) groups excluding carboxylic acids is 1. The molecule has 0 spiro atoms. The molecule has 2 N–H and O–H groups in total. The third-order valence-electron chi connectivity index (χ3n) is 2.87. The van der Waals surface area contributed by atoms with Crippen LogP contribution in [0, 0.1) is 11.8 Å². The summed E-state index contributed by atoms with van der Waals surface area (Å²) in [5.74, 6) is 5.48. The maximum absolute atomic E-state index is 12.2. The zero-order valence-electron chi connectivity index (χ0n) is 12.9. The lowest BCUT2D eigenvalue weighted by molar-refractivity contribution is 0.0931. The lowest BCUT2D eigenvalue weighted by atomic mass is 10.1. The van der Waals surface area contributed by atoms with Gasteiger partial charge in [0.15, 0.2) is 0 Å². The highest BCUT2D eigenvalue weighted by Gasteiger charge is 2.14. The molecular weight excluding hydrogens is 266 g/mol. The molecule has 0 aromatic carbocycles. The molecule has 114 valence electrons. The summed E-state index contributed by atoms with van der Waals surface area (Å²) in [7, 11) is 4.00. The average molecular weight is 289 g/mol. The summed E-state index contributed by atoms with van der Waals surface area (Å²) in [6, 6.07) is 3.58. The first kappa shape index (κ1) is 17.2. The molecule has 1 aromatic rings. The summed E-state index contributed by atoms with van der Waals surface area (Å²) in [6.07, 6.45) is 2.84. The van der Waals surface area contributed by atoms with Crippen LogP contribution in [0.15, 0.2) is 18.3 Å². The number of aliphatic hydroxyl groups is 1. The van der Waals surface area contributed by atoms with Crippen molar-refractivity contribution in [3.63, 3.8) is 0 Å². The van der Waals surface area contributed by atoms with Crippen LogP contribution in [-0.2, 0) is 0 Å². The number of nitrogens with zero attached hydrogens (tertiary/aromatic N) is 2. The first-order valence-electron chi connectivity index (χ1n) is 7.05. The van der Waals surface area contributed by atoms with Gasteiger partial charge in [0, 0.05) is 18.7 Å². The van der Waals surface area contributed by atoms with E-state index >= 15 is 0 Å². The second kappa shape index (κ2) is 9.11. The number of rotatable bonds is 6. The fraction of sp³-hybridized carbons (Fsp3) is 0.500. The van der Waals surface area contributed by atoms with Crippen molar-refractivity contribution < 1.29 is 9.90 Å². The number of hydrogen-bond donors (Lipinski definition) is 2. The van der Waals surface area contributed by atoms with Crippen LogP contribution in [-0.4, -0.2) is 54.2 Å². The number of pyridine rings is 1. The highest BCUT2D eigenvalue weighted by atomic mass is 16.2. The predicted octanol–water partition coefficient (Wildman–Crippen LogP) is 0.885. The minimum absolute atomic E-state index is 0.0103. The Kier molecular flexibility index (Phi) is 7.44. The van der Waals surface area contributed by atoms with Gasteiger partial charge in [-0.1, -0.05) is 11.8 Å². The Bertz CT molecular complexity index is 518. The van der Waals surface area contributed by atoms with Crippen LogP contribution in [0.5, 0.6) is 0 Å². The third kappa shape index (κ3) is 6.39. The van der Waals surface area contributed by atoms with Gasteiger partial charge in [-0.3, -0.25) is 4.79 Å². The van der Waals surface area contributed by atoms with E-state index in [-0.39, 0.29) is 18.6 Å². The van der Waals surface area contributed by atoms with Crippen LogP contribution in [0.25, 0.3) is 0 Å². The molecule has 0 fully saturated rings. The van der Waals surface area contributed by atoms with Crippen molar-refractivity contribution in [2.75, 3.05) is 27.2 Å². The molecule has 1 aromatic heterocycles. The van der Waals surface area contributed by atoms with E-state index in [1.165, 1.54) is 0 Å². The molecule has 21 heavy (non-hydrogen) atoms. The van der Waals surface area contributed by atoms with Gasteiger partial charge in [0.25, 0.3) is 5.91 Å². The fourth-order valence-electron chi connectivity index (χ4n) is 1.72. The number of aromatic nitrogens is 1. The zero-order valence-corrected chi connectivity index (χ0v) is 12.9. The topological polar surface area (TPSA) is 65.5 Å². The highest BCUT2D eigenvalue weighted by molar-refractivity contribution is 5.94. The van der Waals surface area contributed by atoms with Gasteiger partial charge >= 0.3 is 0 Å². The van der Waals surface area contributed by atoms with Gasteiger partial charge in [-0.25, -0.2) is 4.98 Å². The maximum Gasteiger partial charge on any atom is 0.271 e. The largest absolute Gasteiger partial charge is 0.395 e. The summed E-state index contributed by atoms with van der Waals surface area (Å²) in [5.41, 5.74) is 0.919. The van der Waals surface area contributed by atoms with E-state index in [1.54, 1.807) is 18.3 Å². The molecule has 0 saturated carbocycles. The Labute approximate surface area is 126 Å². The van der Waals surface area contributed by atoms with E-state index in [9.17, 15) is 4.79 Å². The minimum atomic E-state index is -0.213. The first-order valence-corrected chi connectivity index (χ1v) is 7.05. The van der Waals surface area contributed by atoms with Gasteiger partial charge in [0.05, 0.1) is 12.2 Å². The molecule has 5 nitrogen and oxygen atoms in total. The van der Waals surface area contributed by atoms with Crippen molar-refractivity contribution in [3.8, 4) is 11.8 Å². The molecule has 1 heterocycles. The lowest BCUT2D eigenvalue weighted by Gasteiger charge is -2.16. The smallest absolute Gasteiger partial charge is 0.271 e. The van der Waals surface area contributed by atoms with Gasteiger partial charge < -0.3 is 15.3 Å². The van der Waals surface area contributed by atoms with E-state index < -0.39 is 0 Å². The molecule has 0 saturated heterocycles. The second-order valence-electron chi connectivity index (χ2n) is 5.14. The molecule has 0 aliphatic carbocycles. The van der Waals surface area contributed by atoms with Crippen LogP contribution in [0.4, 0.5) is 0 Å². The summed E-state index contributed by atoms with van der Waals surface area (Å²) < 4.78 is 0. The van der Waals surface area contributed by atoms with Crippen LogP contribution < -0.4 is 5.32 Å². The highest BCUT2D eigenvalue weighted by Crippen LogP contribution is 2.05. The normalized spacial score (nSPS) is 11.7. The Morgan fingerprint density at radius 1 is 1.52 bits per heavy atom. The van der Waals surface area contributed by atoms with Crippen molar-refractivity contribution in [1.82, 2.24) is 15.2 Å². The standard InChI is InChI=1S/C16H23N3O2/c1-13(9-11-19(2)3)18-16(21)15-14(7-4-5-12-20)8-6-10-17-15/h6,8,10,13,20H,5,9,11-12H2,1-3H3,(H,18,21). The van der Waals surface area contributed by atoms with Crippen molar-refractivity contribution in [1.29, 1.82) is 0 Å². The van der Waals surface area contributed by atoms with Crippen LogP contribution in [0.1, 0.15) is 35.8 Å². The van der Waals surface area contributed by atoms with E-state index in [0.29, 0.717) is 17.7 Å². The van der Waals surface area contributed by atoms with Gasteiger partial charge in [0.2, 0.25) is 0 Å². The quantitative estimate of drug-likeness (QED) is 0.763. The number of nitrogens with one attached hydrogen (secondary N) is 1. The Morgan fingerprint density at radius 2 is 2.29 bits per heavy atom. The zero-order chi connectivity index (χ0) is 15.7. The molecule has 0 aliphatic heterocycles. The van der Waals surface area contributed by atoms with Gasteiger partial charge in [-0.15, -0.1) is 0 Å². The Balaban J connectivity index is 2.72. The molecule has 1 atom stereocenters. The van der Waals surface area contributed by atoms with Crippen molar-refractivity contribution >= 4 is 5.91 Å². The molecule has 1 amide bonds. The average Bonchev–Trinajstić information content (AvgIpc) is 2.46. The van der Waals surface area contributed by atoms with Crippen LogP contribution >= 0.6 is 0 Å². The second-order valence-corrected chi connectivity index (χ2v) is 5.14. The fourth-order valence-corrected chi connectivity index (χ4v) is 1.72. The van der Waals surface area contributed by atoms with Gasteiger partial charge in [0.1, 0.15) is 5.69 Å². The third-order valence-corrected chi connectivity index (χ3v) is 2.87. The predicted molar refractivity (Wildman–Crippen MR) is 82.9 cm³/mol. The monoisotopic (exact) mass is 289 g/mol. The van der Waals surface area contributed by atoms with E-state index in [1.807, 2.05) is 21.0 Å². The lowest BCUT2D eigenvalue weighted by Crippen LogP contribution is -2.35. The Hall–Kier alpha value is -1.90. The van der Waals surface area contributed by atoms with Crippen molar-refractivity contribution in [3.05, 3.63) is 29.6 Å². The molecule has 0 bridgehead atoms. The minimum Gasteiger partial charge on any atom is -0.395 e. The number of amides is 1. The molecule has 1 rings (SSSR count). The molecular formula is C16H23N3O2. The van der Waals surface area contributed by atoms with Gasteiger partial charge in [-0.2, -0.15) is 0 Å². The van der Waals surface area contributed by atoms with Gasteiger partial charge in [-0.05, 0) is 46.1 Å². The summed E-state index contributed by atoms with van der Waals surface area (Å²) >= 11 is 0. The maximum atomic E-state index is 12.2. The van der Waals surface area contributed by atoms with Crippen LogP contribution in [0.2, 0.25) is 0 Å². The van der Waals surface area contributed by atoms with Crippen molar-refractivity contribution in [2.45, 2.75) is 25.8 Å². The van der Waals surface area contributed by atoms with E-state index in [0.717, 1.165) is 13.0 Å². The Morgan fingerprint density at radius 3 is 2.95 bits per heavy atom. The van der Waals surface area contributed by atoms with E-state index in [4.69, 9.17) is 5.11 Å².